The maximum atomic E-state index is 6.67. The molecule has 7 aromatic rings. The minimum absolute atomic E-state index is 0.284. The Morgan fingerprint density at radius 2 is 1.33 bits per heavy atom. The minimum atomic E-state index is 0.284. The highest BCUT2D eigenvalue weighted by molar-refractivity contribution is 6.14. The number of rotatable bonds is 6. The fourth-order valence-corrected chi connectivity index (χ4v) is 8.01. The van der Waals surface area contributed by atoms with Crippen LogP contribution in [0.25, 0.3) is 43.5 Å². The Balaban J connectivity index is 1.15. The highest BCUT2D eigenvalue weighted by Crippen LogP contribution is 2.41. The lowest BCUT2D eigenvalue weighted by molar-refractivity contribution is 0.611. The molecule has 6 aromatic carbocycles. The predicted octanol–water partition coefficient (Wildman–Crippen LogP) is 13.5. The molecule has 3 heteroatoms. The molecule has 2 aliphatic carbocycles. The van der Waals surface area contributed by atoms with Crippen LogP contribution in [0.15, 0.2) is 161 Å². The first-order valence-electron chi connectivity index (χ1n) is 18.2. The van der Waals surface area contributed by atoms with Crippen molar-refractivity contribution in [2.75, 3.05) is 9.80 Å². The topological polar surface area (TPSA) is 19.6 Å². The third-order valence-corrected chi connectivity index (χ3v) is 10.8. The number of benzene rings is 6. The van der Waals surface area contributed by atoms with E-state index in [1.807, 2.05) is 0 Å². The first kappa shape index (κ1) is 31.2. The van der Waals surface area contributed by atoms with Crippen molar-refractivity contribution in [2.45, 2.75) is 46.6 Å². The van der Waals surface area contributed by atoms with Crippen molar-refractivity contribution >= 4 is 66.2 Å². The number of hydrogen-bond donors (Lipinski definition) is 0. The van der Waals surface area contributed by atoms with Crippen molar-refractivity contribution < 1.29 is 4.42 Å². The molecule has 0 fully saturated rings. The van der Waals surface area contributed by atoms with E-state index in [1.54, 1.807) is 0 Å². The summed E-state index contributed by atoms with van der Waals surface area (Å²) < 4.78 is 6.67. The van der Waals surface area contributed by atoms with Crippen LogP contribution >= 0.6 is 0 Å². The zero-order chi connectivity index (χ0) is 34.6. The second-order valence-electron chi connectivity index (χ2n) is 14.5. The van der Waals surface area contributed by atoms with Crippen molar-refractivity contribution in [2.24, 2.45) is 5.92 Å². The predicted molar refractivity (Wildman–Crippen MR) is 218 cm³/mol. The van der Waals surface area contributed by atoms with Crippen molar-refractivity contribution in [1.29, 1.82) is 0 Å². The summed E-state index contributed by atoms with van der Waals surface area (Å²) >= 11 is 0. The summed E-state index contributed by atoms with van der Waals surface area (Å²) in [5, 5.41) is 7.06. The van der Waals surface area contributed by atoms with E-state index >= 15 is 0 Å². The van der Waals surface area contributed by atoms with Crippen molar-refractivity contribution in [1.82, 2.24) is 0 Å². The molecule has 0 spiro atoms. The molecule has 0 saturated heterocycles. The monoisotopic (exact) mass is 662 g/mol. The van der Waals surface area contributed by atoms with Crippen molar-refractivity contribution in [3.63, 3.8) is 0 Å². The number of aryl methyl sites for hydroxylation is 2. The van der Waals surface area contributed by atoms with Gasteiger partial charge in [-0.05, 0) is 145 Å². The number of furan rings is 1. The molecule has 250 valence electrons. The van der Waals surface area contributed by atoms with Crippen LogP contribution in [0.1, 0.15) is 37.8 Å². The zero-order valence-electron chi connectivity index (χ0n) is 29.7. The number of anilines is 4. The Hall–Kier alpha value is -5.80. The standard InChI is InChI=1S/C48H42N2O/c1-31-15-17-33(3)45(23-31)49(39-11-7-5-8-12-39)41-21-19-35-27-43-44-28-36-20-22-42(26-38(36)30-48(44)51-47(43)29-37(35)25-41)50(40-13-9-6-10-14-40)46-24-32(2)16-18-34(46)4/h5-13,15-17,19-30,34,40H,14,18H2,1-4H3. The highest BCUT2D eigenvalue weighted by atomic mass is 16.3. The Kier molecular flexibility index (Phi) is 7.65. The summed E-state index contributed by atoms with van der Waals surface area (Å²) in [4.78, 5) is 4.92. The Morgan fingerprint density at radius 3 is 2.04 bits per heavy atom. The molecule has 0 bridgehead atoms. The fraction of sp³-hybridized carbons (Fsp3) is 0.167. The molecular formula is C48H42N2O. The van der Waals surface area contributed by atoms with Crippen LogP contribution in [0.3, 0.4) is 0 Å². The molecule has 1 aromatic heterocycles. The van der Waals surface area contributed by atoms with Gasteiger partial charge < -0.3 is 14.2 Å². The number of nitrogens with zero attached hydrogens (tertiary/aromatic N) is 2. The Bertz CT molecular complexity index is 2600. The van der Waals surface area contributed by atoms with E-state index in [4.69, 9.17) is 4.42 Å². The SMILES string of the molecule is CC1=CCC(C)C(N(c2ccc3cc4c(cc3c2)oc2cc3cc(N(c5ccccc5)c5cc(C)ccc5C)ccc3cc24)C2C=CC=CC2)=C1. The Labute approximate surface area is 300 Å². The van der Waals surface area contributed by atoms with Crippen LogP contribution in [0.4, 0.5) is 22.7 Å². The van der Waals surface area contributed by atoms with E-state index in [1.165, 1.54) is 49.9 Å². The van der Waals surface area contributed by atoms with E-state index in [0.29, 0.717) is 5.92 Å². The van der Waals surface area contributed by atoms with Gasteiger partial charge in [-0.1, -0.05) is 85.3 Å². The molecule has 0 aliphatic heterocycles. The zero-order valence-corrected chi connectivity index (χ0v) is 29.7. The molecule has 0 N–H and O–H groups in total. The first-order chi connectivity index (χ1) is 24.9. The number of allylic oxidation sites excluding steroid dienone is 6. The van der Waals surface area contributed by atoms with Crippen LogP contribution in [0, 0.1) is 19.8 Å². The lowest BCUT2D eigenvalue weighted by Crippen LogP contribution is -2.36. The summed E-state index contributed by atoms with van der Waals surface area (Å²) in [5.41, 5.74) is 11.7. The quantitative estimate of drug-likeness (QED) is 0.177. The normalized spacial score (nSPS) is 17.3. The maximum Gasteiger partial charge on any atom is 0.136 e. The molecular weight excluding hydrogens is 621 g/mol. The lowest BCUT2D eigenvalue weighted by Gasteiger charge is -2.38. The van der Waals surface area contributed by atoms with E-state index in [9.17, 15) is 0 Å². The molecule has 0 radical (unpaired) electrons. The highest BCUT2D eigenvalue weighted by Gasteiger charge is 2.26. The molecule has 9 rings (SSSR count). The molecule has 0 saturated carbocycles. The second kappa shape index (κ2) is 12.5. The summed E-state index contributed by atoms with van der Waals surface area (Å²) in [6.45, 7) is 8.90. The summed E-state index contributed by atoms with van der Waals surface area (Å²) in [6.07, 6.45) is 15.8. The van der Waals surface area contributed by atoms with Crippen LogP contribution in [0.2, 0.25) is 0 Å². The van der Waals surface area contributed by atoms with Crippen LogP contribution in [-0.2, 0) is 0 Å². The Morgan fingerprint density at radius 1 is 0.627 bits per heavy atom. The fourth-order valence-electron chi connectivity index (χ4n) is 8.01. The average Bonchev–Trinajstić information content (AvgIpc) is 3.49. The van der Waals surface area contributed by atoms with Gasteiger partial charge >= 0.3 is 0 Å². The smallest absolute Gasteiger partial charge is 0.136 e. The summed E-state index contributed by atoms with van der Waals surface area (Å²) in [7, 11) is 0. The number of hydrogen-bond acceptors (Lipinski definition) is 3. The molecule has 51 heavy (non-hydrogen) atoms. The largest absolute Gasteiger partial charge is 0.456 e. The lowest BCUT2D eigenvalue weighted by atomic mass is 9.91. The van der Waals surface area contributed by atoms with Crippen molar-refractivity contribution in [3.05, 3.63) is 168 Å². The van der Waals surface area contributed by atoms with E-state index in [-0.39, 0.29) is 6.04 Å². The third kappa shape index (κ3) is 5.63. The van der Waals surface area contributed by atoms with Crippen LogP contribution in [-0.4, -0.2) is 6.04 Å². The van der Waals surface area contributed by atoms with Gasteiger partial charge in [-0.15, -0.1) is 0 Å². The average molecular weight is 663 g/mol. The number of para-hydroxylation sites is 1. The molecule has 2 aliphatic rings. The van der Waals surface area contributed by atoms with Gasteiger partial charge in [0.1, 0.15) is 11.2 Å². The maximum absolute atomic E-state index is 6.67. The van der Waals surface area contributed by atoms with Gasteiger partial charge in [0, 0.05) is 39.2 Å². The van der Waals surface area contributed by atoms with Gasteiger partial charge in [0.25, 0.3) is 0 Å². The van der Waals surface area contributed by atoms with Gasteiger partial charge in [-0.3, -0.25) is 0 Å². The van der Waals surface area contributed by atoms with Gasteiger partial charge in [0.2, 0.25) is 0 Å². The molecule has 2 unspecified atom stereocenters. The third-order valence-electron chi connectivity index (χ3n) is 10.8. The van der Waals surface area contributed by atoms with Gasteiger partial charge in [-0.25, -0.2) is 0 Å². The molecule has 0 amide bonds. The van der Waals surface area contributed by atoms with E-state index in [2.05, 4.69) is 183 Å². The summed E-state index contributed by atoms with van der Waals surface area (Å²) in [5.74, 6) is 0.455. The van der Waals surface area contributed by atoms with E-state index in [0.717, 1.165) is 51.5 Å². The molecule has 2 atom stereocenters. The van der Waals surface area contributed by atoms with Crippen molar-refractivity contribution in [3.8, 4) is 0 Å². The van der Waals surface area contributed by atoms with E-state index < -0.39 is 0 Å². The minimum Gasteiger partial charge on any atom is -0.456 e. The van der Waals surface area contributed by atoms with Crippen LogP contribution in [0.5, 0.6) is 0 Å². The molecule has 3 nitrogen and oxygen atoms in total. The second-order valence-corrected chi connectivity index (χ2v) is 14.5. The van der Waals surface area contributed by atoms with Gasteiger partial charge in [-0.2, -0.15) is 0 Å². The van der Waals surface area contributed by atoms with Gasteiger partial charge in [0.15, 0.2) is 0 Å². The molecule has 1 heterocycles. The van der Waals surface area contributed by atoms with Gasteiger partial charge in [0.05, 0.1) is 6.04 Å². The number of fused-ring (bicyclic) bond motifs is 5. The van der Waals surface area contributed by atoms with Crippen LogP contribution < -0.4 is 9.80 Å². The first-order valence-corrected chi connectivity index (χ1v) is 18.2. The summed E-state index contributed by atoms with van der Waals surface area (Å²) in [6, 6.07) is 40.4.